The molecule has 2 bridgehead atoms. The lowest BCUT2D eigenvalue weighted by Gasteiger charge is -2.71. The molecule has 0 aromatic carbocycles. The van der Waals surface area contributed by atoms with Crippen LogP contribution in [0.15, 0.2) is 29.2 Å². The lowest BCUT2D eigenvalue weighted by molar-refractivity contribution is -0.213. The second kappa shape index (κ2) is 2.75. The maximum absolute atomic E-state index is 11.6. The first kappa shape index (κ1) is 9.20. The lowest BCUT2D eigenvalue weighted by atomic mass is 9.34. The van der Waals surface area contributed by atoms with E-state index in [1.807, 2.05) is 22.9 Å². The molecular weight excluding hydrogens is 186 g/mol. The van der Waals surface area contributed by atoms with E-state index in [4.69, 9.17) is 0 Å². The fraction of sp³-hybridized carbons (Fsp3) is 0.615. The average Bonchev–Trinajstić information content (AvgIpc) is 2.11. The summed E-state index contributed by atoms with van der Waals surface area (Å²) in [5, 5.41) is 0. The fourth-order valence-corrected chi connectivity index (χ4v) is 3.73. The molecule has 0 radical (unpaired) electrons. The van der Waals surface area contributed by atoms with Crippen molar-refractivity contribution in [3.63, 3.8) is 0 Å². The van der Waals surface area contributed by atoms with Crippen molar-refractivity contribution in [1.82, 2.24) is 4.57 Å². The second-order valence-corrected chi connectivity index (χ2v) is 5.55. The zero-order chi connectivity index (χ0) is 10.5. The summed E-state index contributed by atoms with van der Waals surface area (Å²) in [7, 11) is 0. The fourth-order valence-electron chi connectivity index (χ4n) is 3.73. The Bertz CT molecular complexity index is 426. The van der Waals surface area contributed by atoms with E-state index >= 15 is 0 Å². The zero-order valence-electron chi connectivity index (χ0n) is 9.20. The molecular formula is C13H17NO. The number of hydrogen-bond acceptors (Lipinski definition) is 1. The van der Waals surface area contributed by atoms with E-state index in [-0.39, 0.29) is 5.56 Å². The van der Waals surface area contributed by atoms with Crippen molar-refractivity contribution in [2.24, 2.45) is 10.8 Å². The van der Waals surface area contributed by atoms with Gasteiger partial charge in [-0.2, -0.15) is 0 Å². The highest BCUT2D eigenvalue weighted by atomic mass is 16.1. The number of aromatic nitrogens is 1. The number of rotatable bonds is 3. The Labute approximate surface area is 89.9 Å². The summed E-state index contributed by atoms with van der Waals surface area (Å²) >= 11 is 0. The van der Waals surface area contributed by atoms with Gasteiger partial charge in [0.15, 0.2) is 0 Å². The quantitative estimate of drug-likeness (QED) is 0.739. The van der Waals surface area contributed by atoms with Gasteiger partial charge in [-0.25, -0.2) is 0 Å². The van der Waals surface area contributed by atoms with Crippen LogP contribution >= 0.6 is 0 Å². The number of nitrogens with zero attached hydrogens (tertiary/aromatic N) is 1. The largest absolute Gasteiger partial charge is 0.315 e. The van der Waals surface area contributed by atoms with Gasteiger partial charge in [0.05, 0.1) is 0 Å². The van der Waals surface area contributed by atoms with Crippen LogP contribution in [0.5, 0.6) is 0 Å². The summed E-state index contributed by atoms with van der Waals surface area (Å²) < 4.78 is 1.87. The van der Waals surface area contributed by atoms with Gasteiger partial charge < -0.3 is 4.57 Å². The van der Waals surface area contributed by atoms with Crippen molar-refractivity contribution in [2.75, 3.05) is 0 Å². The smallest absolute Gasteiger partial charge is 0.250 e. The molecule has 0 atom stereocenters. The Morgan fingerprint density at radius 1 is 1.27 bits per heavy atom. The molecule has 1 heterocycles. The summed E-state index contributed by atoms with van der Waals surface area (Å²) in [5.74, 6) is 0. The highest BCUT2D eigenvalue weighted by molar-refractivity contribution is 5.16. The van der Waals surface area contributed by atoms with Crippen molar-refractivity contribution < 1.29 is 0 Å². The van der Waals surface area contributed by atoms with Crippen molar-refractivity contribution in [3.05, 3.63) is 34.7 Å². The van der Waals surface area contributed by atoms with E-state index in [1.165, 1.54) is 25.7 Å². The first-order chi connectivity index (χ1) is 7.17. The average molecular weight is 203 g/mol. The molecule has 3 aliphatic carbocycles. The molecule has 0 saturated heterocycles. The Hall–Kier alpha value is -1.05. The maximum atomic E-state index is 11.6. The summed E-state index contributed by atoms with van der Waals surface area (Å²) in [6, 6.07) is 5.41. The summed E-state index contributed by atoms with van der Waals surface area (Å²) in [5.41, 5.74) is 1.31. The topological polar surface area (TPSA) is 22.0 Å². The standard InChI is InChI=1S/C13H17NO/c1-2-12-7-13(8-12,9-12)10-14-6-4-3-5-11(14)15/h3-6H,2,7-10H2,1H3. The molecule has 2 heteroatoms. The third-order valence-electron chi connectivity index (χ3n) is 4.40. The van der Waals surface area contributed by atoms with Gasteiger partial charge in [-0.05, 0) is 36.2 Å². The Morgan fingerprint density at radius 2 is 2.00 bits per heavy atom. The van der Waals surface area contributed by atoms with Crippen molar-refractivity contribution in [2.45, 2.75) is 39.2 Å². The lowest BCUT2D eigenvalue weighted by Crippen LogP contribution is -2.63. The Morgan fingerprint density at radius 3 is 2.60 bits per heavy atom. The van der Waals surface area contributed by atoms with Crippen molar-refractivity contribution in [1.29, 1.82) is 0 Å². The molecule has 0 unspecified atom stereocenters. The van der Waals surface area contributed by atoms with Crippen molar-refractivity contribution >= 4 is 0 Å². The molecule has 15 heavy (non-hydrogen) atoms. The van der Waals surface area contributed by atoms with Crippen LogP contribution in [0, 0.1) is 10.8 Å². The third kappa shape index (κ3) is 1.20. The van der Waals surface area contributed by atoms with E-state index in [2.05, 4.69) is 6.92 Å². The van der Waals surface area contributed by atoms with Crippen LogP contribution in [0.4, 0.5) is 0 Å². The van der Waals surface area contributed by atoms with Gasteiger partial charge in [0, 0.05) is 18.8 Å². The Kier molecular flexibility index (Phi) is 1.68. The van der Waals surface area contributed by atoms with Gasteiger partial charge in [0.25, 0.3) is 5.56 Å². The predicted octanol–water partition coefficient (Wildman–Crippen LogP) is 2.43. The van der Waals surface area contributed by atoms with Crippen LogP contribution in [0.1, 0.15) is 32.6 Å². The molecule has 3 saturated carbocycles. The minimum atomic E-state index is 0.146. The molecule has 0 spiro atoms. The van der Waals surface area contributed by atoms with E-state index in [1.54, 1.807) is 6.07 Å². The monoisotopic (exact) mass is 203 g/mol. The maximum Gasteiger partial charge on any atom is 0.250 e. The second-order valence-electron chi connectivity index (χ2n) is 5.55. The summed E-state index contributed by atoms with van der Waals surface area (Å²) in [6.07, 6.45) is 7.27. The molecule has 0 amide bonds. The summed E-state index contributed by atoms with van der Waals surface area (Å²) in [4.78, 5) is 11.6. The van der Waals surface area contributed by atoms with Gasteiger partial charge in [-0.3, -0.25) is 4.79 Å². The van der Waals surface area contributed by atoms with Crippen molar-refractivity contribution in [3.8, 4) is 0 Å². The van der Waals surface area contributed by atoms with Gasteiger partial charge in [-0.15, -0.1) is 0 Å². The van der Waals surface area contributed by atoms with Crippen LogP contribution in [-0.4, -0.2) is 4.57 Å². The molecule has 1 aromatic rings. The van der Waals surface area contributed by atoms with Gasteiger partial charge in [0.2, 0.25) is 0 Å². The number of pyridine rings is 1. The molecule has 1 aromatic heterocycles. The first-order valence-corrected chi connectivity index (χ1v) is 5.83. The molecule has 0 N–H and O–H groups in total. The minimum Gasteiger partial charge on any atom is -0.315 e. The van der Waals surface area contributed by atoms with Crippen LogP contribution in [-0.2, 0) is 6.54 Å². The van der Waals surface area contributed by atoms with Crippen LogP contribution < -0.4 is 5.56 Å². The van der Waals surface area contributed by atoms with E-state index < -0.39 is 0 Å². The van der Waals surface area contributed by atoms with E-state index in [0.29, 0.717) is 10.8 Å². The van der Waals surface area contributed by atoms with Crippen LogP contribution in [0.25, 0.3) is 0 Å². The molecule has 4 rings (SSSR count). The van der Waals surface area contributed by atoms with Gasteiger partial charge >= 0.3 is 0 Å². The first-order valence-electron chi connectivity index (χ1n) is 5.83. The highest BCUT2D eigenvalue weighted by Gasteiger charge is 2.66. The SMILES string of the molecule is CCC12CC(Cn3ccccc3=O)(C1)C2. The van der Waals surface area contributed by atoms with Gasteiger partial charge in [0.1, 0.15) is 0 Å². The normalized spacial score (nSPS) is 36.9. The zero-order valence-corrected chi connectivity index (χ0v) is 9.20. The third-order valence-corrected chi connectivity index (χ3v) is 4.40. The molecule has 80 valence electrons. The number of hydrogen-bond donors (Lipinski definition) is 0. The van der Waals surface area contributed by atoms with E-state index in [0.717, 1.165) is 6.54 Å². The minimum absolute atomic E-state index is 0.146. The molecule has 3 aliphatic rings. The van der Waals surface area contributed by atoms with Gasteiger partial charge in [-0.1, -0.05) is 19.4 Å². The summed E-state index contributed by atoms with van der Waals surface area (Å²) in [6.45, 7) is 3.23. The highest BCUT2D eigenvalue weighted by Crippen LogP contribution is 2.75. The molecule has 0 aliphatic heterocycles. The predicted molar refractivity (Wildman–Crippen MR) is 59.7 cm³/mol. The van der Waals surface area contributed by atoms with Crippen LogP contribution in [0.3, 0.4) is 0 Å². The molecule has 3 fully saturated rings. The van der Waals surface area contributed by atoms with Crippen LogP contribution in [0.2, 0.25) is 0 Å². The van der Waals surface area contributed by atoms with E-state index in [9.17, 15) is 4.79 Å². The molecule has 2 nitrogen and oxygen atoms in total. The Balaban J connectivity index is 1.74.